The van der Waals surface area contributed by atoms with E-state index in [0.29, 0.717) is 23.0 Å². The van der Waals surface area contributed by atoms with Gasteiger partial charge in [0.15, 0.2) is 0 Å². The molecule has 0 spiro atoms. The van der Waals surface area contributed by atoms with Crippen LogP contribution in [-0.4, -0.2) is 39.0 Å². The Kier molecular flexibility index (Phi) is 4.59. The fourth-order valence-corrected chi connectivity index (χ4v) is 4.27. The zero-order valence-corrected chi connectivity index (χ0v) is 13.3. The van der Waals surface area contributed by atoms with E-state index in [1.165, 1.54) is 19.3 Å². The highest BCUT2D eigenvalue weighted by Gasteiger charge is 2.61. The van der Waals surface area contributed by atoms with Crippen LogP contribution in [0.25, 0.3) is 0 Å². The Morgan fingerprint density at radius 3 is 2.47 bits per heavy atom. The number of ether oxygens (including phenoxy) is 2. The standard InChI is InChI=1S/C16H31NO2/c1-6-17-13(10-18-5)11-19-14-9-12-7-8-16(14,4)15(12,2)3/h12-14,17H,6-11H2,1-5H3. The van der Waals surface area contributed by atoms with Crippen LogP contribution in [-0.2, 0) is 9.47 Å². The van der Waals surface area contributed by atoms with Crippen LogP contribution in [0.5, 0.6) is 0 Å². The third-order valence-corrected chi connectivity index (χ3v) is 6.07. The monoisotopic (exact) mass is 269 g/mol. The topological polar surface area (TPSA) is 30.5 Å². The van der Waals surface area contributed by atoms with Gasteiger partial charge in [-0.25, -0.2) is 0 Å². The molecule has 4 atom stereocenters. The van der Waals surface area contributed by atoms with E-state index in [1.54, 1.807) is 7.11 Å². The number of nitrogens with one attached hydrogen (secondary N) is 1. The Hall–Kier alpha value is -0.120. The largest absolute Gasteiger partial charge is 0.383 e. The van der Waals surface area contributed by atoms with Gasteiger partial charge in [0.1, 0.15) is 0 Å². The maximum absolute atomic E-state index is 6.30. The Labute approximate surface area is 118 Å². The van der Waals surface area contributed by atoms with Crippen LogP contribution in [0.15, 0.2) is 0 Å². The van der Waals surface area contributed by atoms with Crippen molar-refractivity contribution in [1.29, 1.82) is 0 Å². The van der Waals surface area contributed by atoms with Gasteiger partial charge in [-0.05, 0) is 42.6 Å². The predicted molar refractivity (Wildman–Crippen MR) is 78.3 cm³/mol. The molecule has 2 aliphatic rings. The fourth-order valence-electron chi connectivity index (χ4n) is 4.27. The molecule has 0 amide bonds. The molecule has 2 fully saturated rings. The molecule has 3 nitrogen and oxygen atoms in total. The number of likely N-dealkylation sites (N-methyl/N-ethyl adjacent to an activating group) is 1. The molecular formula is C16H31NO2. The van der Waals surface area contributed by atoms with E-state index in [9.17, 15) is 0 Å². The molecule has 3 heteroatoms. The van der Waals surface area contributed by atoms with E-state index in [1.807, 2.05) is 0 Å². The van der Waals surface area contributed by atoms with Crippen molar-refractivity contribution < 1.29 is 9.47 Å². The lowest BCUT2D eigenvalue weighted by atomic mass is 9.70. The average molecular weight is 269 g/mol. The summed E-state index contributed by atoms with van der Waals surface area (Å²) in [6.45, 7) is 11.9. The lowest BCUT2D eigenvalue weighted by molar-refractivity contribution is -0.0586. The van der Waals surface area contributed by atoms with Crippen LogP contribution in [0, 0.1) is 16.7 Å². The molecule has 2 rings (SSSR count). The van der Waals surface area contributed by atoms with Crippen LogP contribution in [0.1, 0.15) is 47.0 Å². The Morgan fingerprint density at radius 1 is 1.26 bits per heavy atom. The average Bonchev–Trinajstić information content (AvgIpc) is 2.69. The van der Waals surface area contributed by atoms with Gasteiger partial charge in [-0.15, -0.1) is 0 Å². The number of methoxy groups -OCH3 is 1. The van der Waals surface area contributed by atoms with Crippen molar-refractivity contribution >= 4 is 0 Å². The molecule has 0 heterocycles. The molecule has 19 heavy (non-hydrogen) atoms. The second kappa shape index (κ2) is 5.71. The third kappa shape index (κ3) is 2.57. The summed E-state index contributed by atoms with van der Waals surface area (Å²) in [7, 11) is 1.76. The predicted octanol–water partition coefficient (Wildman–Crippen LogP) is 2.84. The van der Waals surface area contributed by atoms with Gasteiger partial charge in [0.2, 0.25) is 0 Å². The SMILES string of the molecule is CCNC(COC)COC1CC2CCC1(C)C2(C)C. The molecule has 2 bridgehead atoms. The van der Waals surface area contributed by atoms with Gasteiger partial charge in [-0.1, -0.05) is 27.7 Å². The van der Waals surface area contributed by atoms with Gasteiger partial charge < -0.3 is 14.8 Å². The molecule has 1 N–H and O–H groups in total. The maximum atomic E-state index is 6.30. The van der Waals surface area contributed by atoms with Gasteiger partial charge in [0.05, 0.1) is 25.4 Å². The summed E-state index contributed by atoms with van der Waals surface area (Å²) in [5, 5.41) is 3.43. The van der Waals surface area contributed by atoms with Gasteiger partial charge in [-0.2, -0.15) is 0 Å². The summed E-state index contributed by atoms with van der Waals surface area (Å²) in [4.78, 5) is 0. The zero-order chi connectivity index (χ0) is 14.1. The van der Waals surface area contributed by atoms with Crippen LogP contribution in [0.2, 0.25) is 0 Å². The highest BCUT2D eigenvalue weighted by atomic mass is 16.5. The Morgan fingerprint density at radius 2 is 2.00 bits per heavy atom. The molecule has 112 valence electrons. The number of hydrogen-bond acceptors (Lipinski definition) is 3. The summed E-state index contributed by atoms with van der Waals surface area (Å²) in [6.07, 6.45) is 4.39. The third-order valence-electron chi connectivity index (χ3n) is 6.07. The normalized spacial score (nSPS) is 37.7. The van der Waals surface area contributed by atoms with E-state index in [2.05, 4.69) is 33.0 Å². The van der Waals surface area contributed by atoms with E-state index in [0.717, 1.165) is 25.7 Å². The van der Waals surface area contributed by atoms with Gasteiger partial charge >= 0.3 is 0 Å². The van der Waals surface area contributed by atoms with Crippen LogP contribution in [0.4, 0.5) is 0 Å². The van der Waals surface area contributed by atoms with Crippen molar-refractivity contribution in [2.45, 2.75) is 59.1 Å². The second-order valence-corrected chi connectivity index (χ2v) is 7.14. The number of fused-ring (bicyclic) bond motifs is 2. The first-order valence-electron chi connectivity index (χ1n) is 7.79. The molecule has 0 radical (unpaired) electrons. The molecule has 2 aliphatic carbocycles. The Bertz CT molecular complexity index is 299. The highest BCUT2D eigenvalue weighted by molar-refractivity contribution is 5.11. The minimum Gasteiger partial charge on any atom is -0.383 e. The summed E-state index contributed by atoms with van der Waals surface area (Å²) in [5.41, 5.74) is 0.800. The molecule has 0 saturated heterocycles. The lowest BCUT2D eigenvalue weighted by Crippen LogP contribution is -2.42. The first kappa shape index (κ1) is 15.3. The molecule has 4 unspecified atom stereocenters. The van der Waals surface area contributed by atoms with Crippen molar-refractivity contribution in [3.05, 3.63) is 0 Å². The number of hydrogen-bond donors (Lipinski definition) is 1. The van der Waals surface area contributed by atoms with E-state index in [-0.39, 0.29) is 0 Å². The molecular weight excluding hydrogens is 238 g/mol. The van der Waals surface area contributed by atoms with E-state index >= 15 is 0 Å². The minimum atomic E-state index is 0.320. The summed E-state index contributed by atoms with van der Waals surface area (Å²) < 4.78 is 11.6. The molecule has 2 saturated carbocycles. The summed E-state index contributed by atoms with van der Waals surface area (Å²) in [5.74, 6) is 0.850. The smallest absolute Gasteiger partial charge is 0.0646 e. The van der Waals surface area contributed by atoms with E-state index < -0.39 is 0 Å². The first-order valence-corrected chi connectivity index (χ1v) is 7.79. The van der Waals surface area contributed by atoms with Crippen molar-refractivity contribution in [3.63, 3.8) is 0 Å². The highest BCUT2D eigenvalue weighted by Crippen LogP contribution is 2.66. The molecule has 0 aromatic carbocycles. The van der Waals surface area contributed by atoms with Crippen LogP contribution >= 0.6 is 0 Å². The quantitative estimate of drug-likeness (QED) is 0.771. The van der Waals surface area contributed by atoms with E-state index in [4.69, 9.17) is 9.47 Å². The maximum Gasteiger partial charge on any atom is 0.0646 e. The van der Waals surface area contributed by atoms with Crippen molar-refractivity contribution in [2.24, 2.45) is 16.7 Å². The number of rotatable bonds is 7. The first-order chi connectivity index (χ1) is 8.95. The lowest BCUT2D eigenvalue weighted by Gasteiger charge is -2.39. The second-order valence-electron chi connectivity index (χ2n) is 7.14. The summed E-state index contributed by atoms with van der Waals surface area (Å²) >= 11 is 0. The van der Waals surface area contributed by atoms with Crippen molar-refractivity contribution in [1.82, 2.24) is 5.32 Å². The minimum absolute atomic E-state index is 0.320. The molecule has 0 aliphatic heterocycles. The molecule has 0 aromatic heterocycles. The summed E-state index contributed by atoms with van der Waals surface area (Å²) in [6, 6.07) is 0.320. The van der Waals surface area contributed by atoms with Crippen molar-refractivity contribution in [3.8, 4) is 0 Å². The fraction of sp³-hybridized carbons (Fsp3) is 1.00. The Balaban J connectivity index is 1.90. The van der Waals surface area contributed by atoms with Gasteiger partial charge in [-0.3, -0.25) is 0 Å². The van der Waals surface area contributed by atoms with Crippen LogP contribution < -0.4 is 5.32 Å². The van der Waals surface area contributed by atoms with Crippen LogP contribution in [0.3, 0.4) is 0 Å². The van der Waals surface area contributed by atoms with Gasteiger partial charge in [0, 0.05) is 7.11 Å². The van der Waals surface area contributed by atoms with Crippen molar-refractivity contribution in [2.75, 3.05) is 26.9 Å². The zero-order valence-electron chi connectivity index (χ0n) is 13.3. The van der Waals surface area contributed by atoms with Gasteiger partial charge in [0.25, 0.3) is 0 Å². The molecule has 0 aromatic rings.